The number of hydrogen-bond donors (Lipinski definition) is 1. The number of urea groups is 1. The third-order valence-electron chi connectivity index (χ3n) is 4.95. The van der Waals surface area contributed by atoms with Crippen LogP contribution in [0.5, 0.6) is 0 Å². The van der Waals surface area contributed by atoms with Gasteiger partial charge in [0.05, 0.1) is 29.3 Å². The molecule has 1 unspecified atom stereocenters. The molecule has 7 heteroatoms. The Bertz CT molecular complexity index is 947. The van der Waals surface area contributed by atoms with E-state index in [-0.39, 0.29) is 18.0 Å². The number of rotatable bonds is 4. The molecule has 1 aliphatic heterocycles. The van der Waals surface area contributed by atoms with E-state index in [4.69, 9.17) is 0 Å². The summed E-state index contributed by atoms with van der Waals surface area (Å²) in [6.07, 6.45) is 4.25. The molecule has 2 aromatic carbocycles. The highest BCUT2D eigenvalue weighted by atomic mass is 16.2. The average molecular weight is 389 g/mol. The van der Waals surface area contributed by atoms with E-state index in [0.717, 1.165) is 17.8 Å². The van der Waals surface area contributed by atoms with Crippen molar-refractivity contribution in [3.05, 3.63) is 73.1 Å². The molecule has 7 nitrogen and oxygen atoms in total. The Balaban J connectivity index is 1.53. The number of hydrogen-bond acceptors (Lipinski definition) is 3. The smallest absolute Gasteiger partial charge is 0.324 e. The SMILES string of the molecule is CC(=O)Nc1cnn(C2CCN(C(=O)N(c3ccccc3)c3ccccc3)C2)c1. The van der Waals surface area contributed by atoms with Crippen LogP contribution >= 0.6 is 0 Å². The number of anilines is 3. The second-order valence-electron chi connectivity index (χ2n) is 7.07. The molecule has 0 spiro atoms. The van der Waals surface area contributed by atoms with Crippen LogP contribution in [0, 0.1) is 0 Å². The fraction of sp³-hybridized carbons (Fsp3) is 0.227. The van der Waals surface area contributed by atoms with Gasteiger partial charge in [-0.05, 0) is 30.7 Å². The van der Waals surface area contributed by atoms with Crippen molar-refractivity contribution in [3.8, 4) is 0 Å². The molecular formula is C22H23N5O2. The quantitative estimate of drug-likeness (QED) is 0.732. The van der Waals surface area contributed by atoms with E-state index in [0.29, 0.717) is 18.8 Å². The van der Waals surface area contributed by atoms with Crippen molar-refractivity contribution in [1.29, 1.82) is 0 Å². The lowest BCUT2D eigenvalue weighted by Gasteiger charge is -2.28. The molecule has 3 aromatic rings. The Morgan fingerprint density at radius 2 is 1.66 bits per heavy atom. The first kappa shape index (κ1) is 18.7. The van der Waals surface area contributed by atoms with Gasteiger partial charge in [0, 0.05) is 26.2 Å². The molecule has 1 atom stereocenters. The van der Waals surface area contributed by atoms with E-state index < -0.39 is 0 Å². The molecule has 2 heterocycles. The molecule has 1 aliphatic rings. The predicted octanol–water partition coefficient (Wildman–Crippen LogP) is 4.05. The molecule has 0 aliphatic carbocycles. The normalized spacial score (nSPS) is 15.9. The van der Waals surface area contributed by atoms with Crippen molar-refractivity contribution in [2.45, 2.75) is 19.4 Å². The van der Waals surface area contributed by atoms with Gasteiger partial charge in [0.15, 0.2) is 0 Å². The van der Waals surface area contributed by atoms with Gasteiger partial charge in [0.2, 0.25) is 5.91 Å². The zero-order valence-corrected chi connectivity index (χ0v) is 16.2. The van der Waals surface area contributed by atoms with Crippen molar-refractivity contribution in [1.82, 2.24) is 14.7 Å². The van der Waals surface area contributed by atoms with E-state index in [9.17, 15) is 9.59 Å². The summed E-state index contributed by atoms with van der Waals surface area (Å²) in [5, 5.41) is 7.09. The third kappa shape index (κ3) is 4.13. The van der Waals surface area contributed by atoms with Crippen molar-refractivity contribution >= 4 is 29.0 Å². The van der Waals surface area contributed by atoms with Gasteiger partial charge in [-0.1, -0.05) is 36.4 Å². The Kier molecular flexibility index (Phi) is 5.29. The zero-order chi connectivity index (χ0) is 20.2. The summed E-state index contributed by atoms with van der Waals surface area (Å²) in [7, 11) is 0. The second kappa shape index (κ2) is 8.18. The molecule has 29 heavy (non-hydrogen) atoms. The number of carbonyl (C=O) groups is 2. The summed E-state index contributed by atoms with van der Waals surface area (Å²) < 4.78 is 1.83. The topological polar surface area (TPSA) is 70.5 Å². The van der Waals surface area contributed by atoms with E-state index in [1.807, 2.05) is 76.4 Å². The Morgan fingerprint density at radius 1 is 1.03 bits per heavy atom. The minimum atomic E-state index is -0.130. The lowest BCUT2D eigenvalue weighted by atomic mass is 10.2. The first-order chi connectivity index (χ1) is 14.1. The van der Waals surface area contributed by atoms with Crippen LogP contribution in [-0.2, 0) is 4.79 Å². The summed E-state index contributed by atoms with van der Waals surface area (Å²) >= 11 is 0. The number of likely N-dealkylation sites (tertiary alicyclic amines) is 1. The van der Waals surface area contributed by atoms with Crippen LogP contribution in [-0.4, -0.2) is 39.7 Å². The molecule has 148 valence electrons. The minimum absolute atomic E-state index is 0.0564. The lowest BCUT2D eigenvalue weighted by molar-refractivity contribution is -0.114. The highest BCUT2D eigenvalue weighted by molar-refractivity contribution is 5.99. The highest BCUT2D eigenvalue weighted by Gasteiger charge is 2.32. The Morgan fingerprint density at radius 3 is 2.24 bits per heavy atom. The molecule has 4 rings (SSSR count). The Labute approximate surface area is 169 Å². The van der Waals surface area contributed by atoms with Gasteiger partial charge in [0.1, 0.15) is 0 Å². The van der Waals surface area contributed by atoms with Crippen molar-refractivity contribution in [2.75, 3.05) is 23.3 Å². The number of nitrogens with one attached hydrogen (secondary N) is 1. The third-order valence-corrected chi connectivity index (χ3v) is 4.95. The van der Waals surface area contributed by atoms with Gasteiger partial charge in [-0.25, -0.2) is 4.79 Å². The number of aromatic nitrogens is 2. The number of carbonyl (C=O) groups excluding carboxylic acids is 2. The molecule has 0 saturated carbocycles. The summed E-state index contributed by atoms with van der Waals surface area (Å²) in [6.45, 7) is 2.68. The molecule has 0 radical (unpaired) electrons. The van der Waals surface area contributed by atoms with Gasteiger partial charge in [-0.3, -0.25) is 14.4 Å². The van der Waals surface area contributed by atoms with Gasteiger partial charge in [-0.15, -0.1) is 0 Å². The molecule has 1 aromatic heterocycles. The second-order valence-corrected chi connectivity index (χ2v) is 7.07. The van der Waals surface area contributed by atoms with Crippen LogP contribution in [0.25, 0.3) is 0 Å². The monoisotopic (exact) mass is 389 g/mol. The lowest BCUT2D eigenvalue weighted by Crippen LogP contribution is -2.39. The number of nitrogens with zero attached hydrogens (tertiary/aromatic N) is 4. The van der Waals surface area contributed by atoms with E-state index in [1.54, 1.807) is 11.1 Å². The fourth-order valence-corrected chi connectivity index (χ4v) is 3.60. The summed E-state index contributed by atoms with van der Waals surface area (Å²) in [6, 6.07) is 19.4. The van der Waals surface area contributed by atoms with Gasteiger partial charge < -0.3 is 10.2 Å². The molecule has 3 amide bonds. The number of para-hydroxylation sites is 2. The fourth-order valence-electron chi connectivity index (χ4n) is 3.60. The predicted molar refractivity (Wildman–Crippen MR) is 112 cm³/mol. The number of benzene rings is 2. The maximum atomic E-state index is 13.4. The van der Waals surface area contributed by atoms with Gasteiger partial charge in [-0.2, -0.15) is 5.10 Å². The van der Waals surface area contributed by atoms with Gasteiger partial charge >= 0.3 is 6.03 Å². The van der Waals surface area contributed by atoms with Crippen LogP contribution in [0.2, 0.25) is 0 Å². The van der Waals surface area contributed by atoms with Crippen LogP contribution < -0.4 is 10.2 Å². The standard InChI is InChI=1S/C22H23N5O2/c1-17(28)24-18-14-23-26(15-18)21-12-13-25(16-21)22(29)27(19-8-4-2-5-9-19)20-10-6-3-7-11-20/h2-11,14-15,21H,12-13,16H2,1H3,(H,24,28). The van der Waals surface area contributed by atoms with E-state index in [1.165, 1.54) is 6.92 Å². The molecule has 1 saturated heterocycles. The first-order valence-electron chi connectivity index (χ1n) is 9.62. The number of amides is 3. The summed E-state index contributed by atoms with van der Waals surface area (Å²) in [5.41, 5.74) is 2.33. The minimum Gasteiger partial charge on any atom is -0.324 e. The highest BCUT2D eigenvalue weighted by Crippen LogP contribution is 2.30. The molecular weight excluding hydrogens is 366 g/mol. The maximum Gasteiger partial charge on any atom is 0.329 e. The van der Waals surface area contributed by atoms with Crippen molar-refractivity contribution in [2.24, 2.45) is 0 Å². The average Bonchev–Trinajstić information content (AvgIpc) is 3.39. The summed E-state index contributed by atoms with van der Waals surface area (Å²) in [5.74, 6) is -0.130. The molecule has 1 fully saturated rings. The van der Waals surface area contributed by atoms with E-state index in [2.05, 4.69) is 10.4 Å². The van der Waals surface area contributed by atoms with Gasteiger partial charge in [0.25, 0.3) is 0 Å². The largest absolute Gasteiger partial charge is 0.329 e. The van der Waals surface area contributed by atoms with Crippen molar-refractivity contribution in [3.63, 3.8) is 0 Å². The zero-order valence-electron chi connectivity index (χ0n) is 16.2. The Hall–Kier alpha value is -3.61. The first-order valence-corrected chi connectivity index (χ1v) is 9.62. The van der Waals surface area contributed by atoms with Crippen LogP contribution in [0.15, 0.2) is 73.1 Å². The van der Waals surface area contributed by atoms with E-state index >= 15 is 0 Å². The van der Waals surface area contributed by atoms with Crippen LogP contribution in [0.1, 0.15) is 19.4 Å². The maximum absolute atomic E-state index is 13.4. The van der Waals surface area contributed by atoms with Crippen LogP contribution in [0.3, 0.4) is 0 Å². The van der Waals surface area contributed by atoms with Crippen LogP contribution in [0.4, 0.5) is 21.9 Å². The molecule has 1 N–H and O–H groups in total. The summed E-state index contributed by atoms with van der Waals surface area (Å²) in [4.78, 5) is 28.3. The van der Waals surface area contributed by atoms with Crippen molar-refractivity contribution < 1.29 is 9.59 Å². The molecule has 0 bridgehead atoms.